The molecule has 1 heterocycles. The fourth-order valence-electron chi connectivity index (χ4n) is 2.40. The Morgan fingerprint density at radius 2 is 1.22 bits per heavy atom. The third kappa shape index (κ3) is 7.09. The van der Waals surface area contributed by atoms with Crippen molar-refractivity contribution < 1.29 is 52.4 Å². The second-order valence-electron chi connectivity index (χ2n) is 5.50. The highest BCUT2D eigenvalue weighted by Crippen LogP contribution is 2.29. The van der Waals surface area contributed by atoms with Gasteiger partial charge in [-0.25, -0.2) is 4.79 Å². The molecule has 152 valence electrons. The molecule has 0 saturated carbocycles. The first-order chi connectivity index (χ1) is 12.5. The Hall–Kier alpha value is -2.89. The van der Waals surface area contributed by atoms with Gasteiger partial charge in [-0.1, -0.05) is 0 Å². The zero-order valence-corrected chi connectivity index (χ0v) is 15.2. The number of hydrogen-bond donors (Lipinski definition) is 1. The van der Waals surface area contributed by atoms with Crippen LogP contribution < -0.4 is 5.73 Å². The number of primary amides is 1. The SMILES string of the molecule is CC(=O)OC[C@H]1O[C@@H](OC(N)=O)[C@H](OC(C)=O)[C@@H](OC(C)=O)[C@H]1OC(C)=O. The van der Waals surface area contributed by atoms with Crippen molar-refractivity contribution in [2.45, 2.75) is 58.4 Å². The van der Waals surface area contributed by atoms with Gasteiger partial charge in [0.2, 0.25) is 12.4 Å². The molecule has 1 fully saturated rings. The number of nitrogens with two attached hydrogens (primary N) is 1. The van der Waals surface area contributed by atoms with Crippen molar-refractivity contribution in [3.63, 3.8) is 0 Å². The number of carbonyl (C=O) groups is 5. The van der Waals surface area contributed by atoms with Crippen molar-refractivity contribution in [3.05, 3.63) is 0 Å². The van der Waals surface area contributed by atoms with Crippen LogP contribution in [0.1, 0.15) is 27.7 Å². The first-order valence-electron chi connectivity index (χ1n) is 7.77. The number of carbonyl (C=O) groups excluding carboxylic acids is 5. The normalized spacial score (nSPS) is 27.0. The van der Waals surface area contributed by atoms with E-state index in [4.69, 9.17) is 34.2 Å². The summed E-state index contributed by atoms with van der Waals surface area (Å²) in [4.78, 5) is 56.7. The van der Waals surface area contributed by atoms with Crippen LogP contribution in [0.2, 0.25) is 0 Å². The molecular formula is C15H21NO11. The highest BCUT2D eigenvalue weighted by atomic mass is 16.7. The van der Waals surface area contributed by atoms with Crippen LogP contribution in [0.25, 0.3) is 0 Å². The lowest BCUT2D eigenvalue weighted by molar-refractivity contribution is -0.294. The second kappa shape index (κ2) is 9.71. The number of ether oxygens (including phenoxy) is 6. The zero-order valence-electron chi connectivity index (χ0n) is 15.2. The summed E-state index contributed by atoms with van der Waals surface area (Å²) in [6.07, 6.45) is -8.33. The third-order valence-corrected chi connectivity index (χ3v) is 3.18. The van der Waals surface area contributed by atoms with Crippen LogP contribution in [0.5, 0.6) is 0 Å². The Kier molecular flexibility index (Phi) is 7.97. The Labute approximate surface area is 154 Å². The van der Waals surface area contributed by atoms with Crippen molar-refractivity contribution in [1.82, 2.24) is 0 Å². The van der Waals surface area contributed by atoms with Crippen molar-refractivity contribution in [3.8, 4) is 0 Å². The van der Waals surface area contributed by atoms with Crippen LogP contribution in [0, 0.1) is 0 Å². The van der Waals surface area contributed by atoms with E-state index in [2.05, 4.69) is 0 Å². The van der Waals surface area contributed by atoms with Crippen LogP contribution in [0.3, 0.4) is 0 Å². The summed E-state index contributed by atoms with van der Waals surface area (Å²) in [5.74, 6) is -3.07. The topological polar surface area (TPSA) is 167 Å². The quantitative estimate of drug-likeness (QED) is 0.443. The first kappa shape index (κ1) is 22.2. The minimum absolute atomic E-state index is 0.434. The number of esters is 4. The molecule has 1 aliphatic heterocycles. The molecule has 0 aromatic heterocycles. The summed E-state index contributed by atoms with van der Waals surface area (Å²) < 4.78 is 30.3. The van der Waals surface area contributed by atoms with E-state index in [1.54, 1.807) is 0 Å². The smallest absolute Gasteiger partial charge is 0.406 e. The Balaban J connectivity index is 3.29. The maximum absolute atomic E-state index is 11.5. The van der Waals surface area contributed by atoms with Crippen molar-refractivity contribution in [2.75, 3.05) is 6.61 Å². The summed E-state index contributed by atoms with van der Waals surface area (Å²) in [6, 6.07) is 0. The van der Waals surface area contributed by atoms with E-state index in [0.717, 1.165) is 27.7 Å². The molecule has 0 aromatic rings. The lowest BCUT2D eigenvalue weighted by atomic mass is 9.98. The summed E-state index contributed by atoms with van der Waals surface area (Å²) in [7, 11) is 0. The summed E-state index contributed by atoms with van der Waals surface area (Å²) in [5, 5.41) is 0. The molecular weight excluding hydrogens is 370 g/mol. The molecule has 0 spiro atoms. The molecule has 0 bridgehead atoms. The van der Waals surface area contributed by atoms with Gasteiger partial charge < -0.3 is 34.2 Å². The molecule has 1 amide bonds. The van der Waals surface area contributed by atoms with Crippen LogP contribution in [-0.2, 0) is 47.6 Å². The van der Waals surface area contributed by atoms with Crippen LogP contribution in [-0.4, -0.2) is 67.3 Å². The van der Waals surface area contributed by atoms with Gasteiger partial charge in [-0.2, -0.15) is 0 Å². The summed E-state index contributed by atoms with van der Waals surface area (Å²) in [6.45, 7) is 3.90. The number of rotatable bonds is 6. The molecule has 2 N–H and O–H groups in total. The van der Waals surface area contributed by atoms with E-state index in [1.807, 2.05) is 0 Å². The molecule has 0 aromatic carbocycles. The van der Waals surface area contributed by atoms with E-state index in [9.17, 15) is 24.0 Å². The molecule has 1 rings (SSSR count). The summed E-state index contributed by atoms with van der Waals surface area (Å²) in [5.41, 5.74) is 4.99. The van der Waals surface area contributed by atoms with Crippen molar-refractivity contribution in [1.29, 1.82) is 0 Å². The van der Waals surface area contributed by atoms with Gasteiger partial charge in [-0.15, -0.1) is 0 Å². The predicted molar refractivity (Wildman–Crippen MR) is 82.6 cm³/mol. The van der Waals surface area contributed by atoms with Gasteiger partial charge in [0, 0.05) is 27.7 Å². The maximum atomic E-state index is 11.5. The minimum atomic E-state index is -1.61. The zero-order chi connectivity index (χ0) is 20.7. The molecule has 5 atom stereocenters. The van der Waals surface area contributed by atoms with Crippen molar-refractivity contribution in [2.24, 2.45) is 5.73 Å². The number of hydrogen-bond acceptors (Lipinski definition) is 11. The second-order valence-corrected chi connectivity index (χ2v) is 5.50. The first-order valence-corrected chi connectivity index (χ1v) is 7.77. The fraction of sp³-hybridized carbons (Fsp3) is 0.667. The molecule has 0 unspecified atom stereocenters. The van der Waals surface area contributed by atoms with Crippen molar-refractivity contribution >= 4 is 30.0 Å². The lowest BCUT2D eigenvalue weighted by Gasteiger charge is -2.43. The fourth-order valence-corrected chi connectivity index (χ4v) is 2.40. The van der Waals surface area contributed by atoms with Gasteiger partial charge in [-0.05, 0) is 0 Å². The largest absolute Gasteiger partial charge is 0.463 e. The minimum Gasteiger partial charge on any atom is -0.463 e. The Bertz CT molecular complexity index is 605. The van der Waals surface area contributed by atoms with Gasteiger partial charge >= 0.3 is 30.0 Å². The molecule has 12 nitrogen and oxygen atoms in total. The maximum Gasteiger partial charge on any atom is 0.406 e. The van der Waals surface area contributed by atoms with Gasteiger partial charge in [0.25, 0.3) is 0 Å². The third-order valence-electron chi connectivity index (χ3n) is 3.18. The van der Waals surface area contributed by atoms with Crippen LogP contribution in [0.15, 0.2) is 0 Å². The average molecular weight is 391 g/mol. The lowest BCUT2D eigenvalue weighted by Crippen LogP contribution is -2.63. The number of amides is 1. The van der Waals surface area contributed by atoms with Crippen LogP contribution >= 0.6 is 0 Å². The van der Waals surface area contributed by atoms with Gasteiger partial charge in [0.15, 0.2) is 12.2 Å². The molecule has 1 aliphatic rings. The van der Waals surface area contributed by atoms with Gasteiger partial charge in [-0.3, -0.25) is 19.2 Å². The van der Waals surface area contributed by atoms with Gasteiger partial charge in [0.1, 0.15) is 12.7 Å². The molecule has 0 radical (unpaired) electrons. The Morgan fingerprint density at radius 1 is 0.741 bits per heavy atom. The van der Waals surface area contributed by atoms with E-state index in [0.29, 0.717) is 0 Å². The van der Waals surface area contributed by atoms with E-state index < -0.39 is 67.3 Å². The van der Waals surface area contributed by atoms with Crippen LogP contribution in [0.4, 0.5) is 4.79 Å². The molecule has 12 heteroatoms. The highest BCUT2D eigenvalue weighted by Gasteiger charge is 2.53. The van der Waals surface area contributed by atoms with E-state index >= 15 is 0 Å². The summed E-state index contributed by atoms with van der Waals surface area (Å²) >= 11 is 0. The standard InChI is InChI=1S/C15H21NO11/c1-6(17)22-5-10-11(23-7(2)18)12(24-8(3)19)13(25-9(4)20)14(26-10)27-15(16)21/h10-14H,5H2,1-4H3,(H2,16,21)/t10-,11+,12+,13-,14+/m1/s1. The average Bonchev–Trinajstić information content (AvgIpc) is 2.49. The monoisotopic (exact) mass is 391 g/mol. The van der Waals surface area contributed by atoms with Gasteiger partial charge in [0.05, 0.1) is 0 Å². The highest BCUT2D eigenvalue weighted by molar-refractivity contribution is 5.69. The van der Waals surface area contributed by atoms with E-state index in [-0.39, 0.29) is 0 Å². The van der Waals surface area contributed by atoms with E-state index in [1.165, 1.54) is 0 Å². The molecule has 0 aliphatic carbocycles. The Morgan fingerprint density at radius 3 is 1.67 bits per heavy atom. The molecule has 1 saturated heterocycles. The predicted octanol–water partition coefficient (Wildman–Crippen LogP) is -0.835. The molecule has 27 heavy (non-hydrogen) atoms.